The molecule has 0 saturated carbocycles. The van der Waals surface area contributed by atoms with Crippen molar-refractivity contribution in [3.8, 4) is 0 Å². The maximum absolute atomic E-state index is 13.9. The van der Waals surface area contributed by atoms with Gasteiger partial charge in [-0.15, -0.1) is 0 Å². The molecule has 0 unspecified atom stereocenters. The molecule has 20 nitrogen and oxygen atoms in total. The van der Waals surface area contributed by atoms with E-state index in [4.69, 9.17) is 52.1 Å². The number of nitrogens with zero attached hydrogens (tertiary/aromatic N) is 1. The molecule has 4 aliphatic heterocycles. The second-order valence-corrected chi connectivity index (χ2v) is 20.9. The van der Waals surface area contributed by atoms with Crippen molar-refractivity contribution in [3.05, 3.63) is 24.3 Å². The van der Waals surface area contributed by atoms with Crippen LogP contribution >= 0.6 is 0 Å². The van der Waals surface area contributed by atoms with Crippen LogP contribution in [0.1, 0.15) is 108 Å². The number of aldehydes is 1. The highest BCUT2D eigenvalue weighted by molar-refractivity contribution is 5.91. The van der Waals surface area contributed by atoms with E-state index >= 15 is 0 Å². The van der Waals surface area contributed by atoms with Crippen molar-refractivity contribution in [2.75, 3.05) is 34.9 Å². The van der Waals surface area contributed by atoms with E-state index in [-0.39, 0.29) is 44.0 Å². The molecule has 4 heterocycles. The molecule has 0 aromatic rings. The van der Waals surface area contributed by atoms with Crippen molar-refractivity contribution in [3.63, 3.8) is 0 Å². The first-order chi connectivity index (χ1) is 33.9. The Bertz CT molecular complexity index is 1810. The van der Waals surface area contributed by atoms with Gasteiger partial charge in [0.15, 0.2) is 36.9 Å². The molecule has 72 heavy (non-hydrogen) atoms. The van der Waals surface area contributed by atoms with Gasteiger partial charge in [-0.3, -0.25) is 19.2 Å². The van der Waals surface area contributed by atoms with E-state index in [0.717, 1.165) is 0 Å². The summed E-state index contributed by atoms with van der Waals surface area (Å²) in [6.45, 7) is 16.9. The van der Waals surface area contributed by atoms with Crippen LogP contribution in [0.5, 0.6) is 0 Å². The number of aliphatic hydroxyl groups excluding tert-OH is 2. The van der Waals surface area contributed by atoms with Crippen LogP contribution in [0.2, 0.25) is 0 Å². The highest BCUT2D eigenvalue weighted by Gasteiger charge is 2.53. The average Bonchev–Trinajstić information content (AvgIpc) is 3.29. The molecule has 0 spiro atoms. The Hall–Kier alpha value is -3.25. The van der Waals surface area contributed by atoms with E-state index in [1.165, 1.54) is 34.1 Å². The molecule has 4 rings (SSSR count). The average molecular weight is 1030 g/mol. The standard InChI is InChI=1S/C52H85NO19/c1-15-38-35(26-64-51-48(63-14)47(62-13)46(31(7)67-51)70-39(58)22-27(2)3)18-16-17-19-36(56)28(4)23-34(20-21-54)44(29(5)37(57)24-40(59)69-38)72-50-43(60)42(53(11)12)45(30(6)66-50)71-41-25-52(10,61)49(32(8)65-41)68-33(9)55/h16-19,21,27-32,34-35,37-38,41-51,57,60-61H,15,20,22-26H2,1-14H3/b18-16+,19-17+/t28-,29+,30-,31-,32+,34+,35-,37-,38-,41+,42-,43-,44-,45-,46-,47-,48-,49+,50-,51-,52-/m1/s1. The lowest BCUT2D eigenvalue weighted by atomic mass is 9.79. The molecular weight excluding hydrogens is 943 g/mol. The number of methoxy groups -OCH3 is 2. The zero-order valence-corrected chi connectivity index (χ0v) is 44.8. The summed E-state index contributed by atoms with van der Waals surface area (Å²) in [4.78, 5) is 66.2. The maximum atomic E-state index is 13.9. The largest absolute Gasteiger partial charge is 0.462 e. The number of ketones is 1. The smallest absolute Gasteiger partial charge is 0.308 e. The van der Waals surface area contributed by atoms with E-state index in [2.05, 4.69) is 0 Å². The van der Waals surface area contributed by atoms with Crippen LogP contribution < -0.4 is 0 Å². The minimum atomic E-state index is -1.50. The van der Waals surface area contributed by atoms with Crippen molar-refractivity contribution >= 4 is 30.0 Å². The van der Waals surface area contributed by atoms with Gasteiger partial charge in [-0.25, -0.2) is 0 Å². The topological polar surface area (TPSA) is 251 Å². The lowest BCUT2D eigenvalue weighted by molar-refractivity contribution is -0.342. The summed E-state index contributed by atoms with van der Waals surface area (Å²) in [5.74, 6) is -4.62. The summed E-state index contributed by atoms with van der Waals surface area (Å²) in [6, 6.07) is -0.785. The molecule has 3 fully saturated rings. The molecule has 0 bridgehead atoms. The number of esters is 3. The van der Waals surface area contributed by atoms with Crippen LogP contribution in [0.25, 0.3) is 0 Å². The monoisotopic (exact) mass is 1030 g/mol. The lowest BCUT2D eigenvalue weighted by Crippen LogP contribution is -2.65. The predicted molar refractivity (Wildman–Crippen MR) is 259 cm³/mol. The number of carbonyl (C=O) groups is 5. The van der Waals surface area contributed by atoms with Crippen LogP contribution in [-0.4, -0.2) is 189 Å². The molecule has 4 aliphatic rings. The number of aliphatic hydroxyl groups is 3. The molecule has 3 saturated heterocycles. The fourth-order valence-electron chi connectivity index (χ4n) is 10.4. The van der Waals surface area contributed by atoms with Crippen LogP contribution in [0.3, 0.4) is 0 Å². The van der Waals surface area contributed by atoms with Gasteiger partial charge in [0.1, 0.15) is 42.4 Å². The van der Waals surface area contributed by atoms with Crippen LogP contribution in [0.15, 0.2) is 24.3 Å². The fourth-order valence-corrected chi connectivity index (χ4v) is 10.4. The maximum Gasteiger partial charge on any atom is 0.308 e. The van der Waals surface area contributed by atoms with Gasteiger partial charge in [-0.1, -0.05) is 52.8 Å². The third kappa shape index (κ3) is 16.4. The number of likely N-dealkylation sites (N-methyl/N-ethyl adjacent to an activating group) is 1. The third-order valence-electron chi connectivity index (χ3n) is 14.2. The SMILES string of the molecule is CC[C@H]1OC(=O)C[C@@H](O)[C@H](C)[C@@H](O[C@H]2O[C@H](C)[C@@H](O[C@H]3C[C@@](C)(O)[C@@H](OC(C)=O)[C@H](C)O3)[C@H](N(C)C)[C@H]2O)[C@@H](CC=O)C[C@@H](C)C(=O)/C=C/C=C/[C@@H]1CO[C@@H]1O[C@H](C)[C@@H](OC(=O)CC(C)C)[C@@H](OC)[C@H]1OC. The first-order valence-corrected chi connectivity index (χ1v) is 25.4. The second kappa shape index (κ2) is 28.0. The van der Waals surface area contributed by atoms with Gasteiger partial charge in [-0.05, 0) is 72.5 Å². The third-order valence-corrected chi connectivity index (χ3v) is 14.2. The second-order valence-electron chi connectivity index (χ2n) is 20.9. The minimum absolute atomic E-state index is 0.0413. The van der Waals surface area contributed by atoms with Gasteiger partial charge < -0.3 is 77.1 Å². The van der Waals surface area contributed by atoms with E-state index in [0.29, 0.717) is 12.7 Å². The summed E-state index contributed by atoms with van der Waals surface area (Å²) < 4.78 is 67.0. The summed E-state index contributed by atoms with van der Waals surface area (Å²) in [5.41, 5.74) is -1.50. The van der Waals surface area contributed by atoms with Crippen LogP contribution in [0, 0.1) is 29.6 Å². The molecule has 21 atom stereocenters. The highest BCUT2D eigenvalue weighted by atomic mass is 16.7. The van der Waals surface area contributed by atoms with Gasteiger partial charge in [0.05, 0.1) is 49.6 Å². The summed E-state index contributed by atoms with van der Waals surface area (Å²) in [6.07, 6.45) is -6.95. The van der Waals surface area contributed by atoms with E-state index in [1.807, 2.05) is 20.8 Å². The van der Waals surface area contributed by atoms with Gasteiger partial charge in [-0.2, -0.15) is 0 Å². The zero-order chi connectivity index (χ0) is 53.8. The van der Waals surface area contributed by atoms with Crippen LogP contribution in [0.4, 0.5) is 0 Å². The summed E-state index contributed by atoms with van der Waals surface area (Å²) >= 11 is 0. The van der Waals surface area contributed by atoms with Gasteiger partial charge in [0.2, 0.25) is 0 Å². The van der Waals surface area contributed by atoms with Crippen molar-refractivity contribution in [2.24, 2.45) is 29.6 Å². The Kier molecular flexibility index (Phi) is 23.9. The highest BCUT2D eigenvalue weighted by Crippen LogP contribution is 2.38. The lowest BCUT2D eigenvalue weighted by Gasteiger charge is -2.50. The number of carbonyl (C=O) groups excluding carboxylic acids is 5. The number of rotatable bonds is 17. The Labute approximate surface area is 425 Å². The summed E-state index contributed by atoms with van der Waals surface area (Å²) in [5, 5.41) is 35.3. The number of hydrogen-bond acceptors (Lipinski definition) is 20. The Morgan fingerprint density at radius 1 is 0.889 bits per heavy atom. The molecule has 0 aromatic heterocycles. The predicted octanol–water partition coefficient (Wildman–Crippen LogP) is 3.61. The Balaban J connectivity index is 1.57. The van der Waals surface area contributed by atoms with Gasteiger partial charge in [0, 0.05) is 58.2 Å². The van der Waals surface area contributed by atoms with Gasteiger partial charge in [0.25, 0.3) is 0 Å². The molecule has 0 radical (unpaired) electrons. The molecule has 412 valence electrons. The molecule has 0 amide bonds. The van der Waals surface area contributed by atoms with Gasteiger partial charge >= 0.3 is 17.9 Å². The number of hydrogen-bond donors (Lipinski definition) is 3. The number of ether oxygens (including phenoxy) is 11. The Morgan fingerprint density at radius 3 is 2.12 bits per heavy atom. The molecule has 20 heteroatoms. The first kappa shape index (κ1) is 61.3. The quantitative estimate of drug-likeness (QED) is 0.107. The molecule has 0 aliphatic carbocycles. The normalized spacial score (nSPS) is 41.6. The van der Waals surface area contributed by atoms with Crippen molar-refractivity contribution in [2.45, 2.75) is 212 Å². The minimum Gasteiger partial charge on any atom is -0.462 e. The molecular formula is C52H85NO19. The zero-order valence-electron chi connectivity index (χ0n) is 44.8. The van der Waals surface area contributed by atoms with E-state index in [1.54, 1.807) is 71.8 Å². The van der Waals surface area contributed by atoms with E-state index < -0.39 is 152 Å². The molecule has 0 aromatic carbocycles. The Morgan fingerprint density at radius 2 is 1.54 bits per heavy atom. The molecule has 3 N–H and O–H groups in total. The van der Waals surface area contributed by atoms with Crippen molar-refractivity contribution in [1.82, 2.24) is 4.90 Å². The van der Waals surface area contributed by atoms with Crippen molar-refractivity contribution in [1.29, 1.82) is 0 Å². The van der Waals surface area contributed by atoms with Crippen molar-refractivity contribution < 1.29 is 91.4 Å². The number of cyclic esters (lactones) is 1. The van der Waals surface area contributed by atoms with E-state index in [9.17, 15) is 39.3 Å². The fraction of sp³-hybridized carbons (Fsp3) is 0.827. The summed E-state index contributed by atoms with van der Waals surface area (Å²) in [7, 11) is 6.44. The number of allylic oxidation sites excluding steroid dienone is 3. The first-order valence-electron chi connectivity index (χ1n) is 25.4. The van der Waals surface area contributed by atoms with Crippen LogP contribution in [-0.2, 0) is 76.1 Å².